The fourth-order valence-corrected chi connectivity index (χ4v) is 5.28. The molecule has 1 saturated heterocycles. The summed E-state index contributed by atoms with van der Waals surface area (Å²) in [6, 6.07) is 10.4. The van der Waals surface area contributed by atoms with Gasteiger partial charge in [0.15, 0.2) is 0 Å². The summed E-state index contributed by atoms with van der Waals surface area (Å²) >= 11 is 0. The lowest BCUT2D eigenvalue weighted by Crippen LogP contribution is -2.35. The smallest absolute Gasteiger partial charge is 0.132 e. The van der Waals surface area contributed by atoms with Crippen LogP contribution in [0.5, 0.6) is 11.5 Å². The number of hydrogen-bond acceptors (Lipinski definition) is 6. The van der Waals surface area contributed by atoms with Crippen LogP contribution in [0.4, 0.5) is 5.69 Å². The van der Waals surface area contributed by atoms with E-state index in [-0.39, 0.29) is 0 Å². The second-order valence-corrected chi connectivity index (χ2v) is 10.0. The molecule has 0 saturated carbocycles. The Labute approximate surface area is 215 Å². The lowest BCUT2D eigenvalue weighted by Gasteiger charge is -2.32. The molecule has 0 aliphatic carbocycles. The maximum Gasteiger partial charge on any atom is 0.132 e. The Morgan fingerprint density at radius 2 is 1.78 bits per heavy atom. The van der Waals surface area contributed by atoms with E-state index >= 15 is 0 Å². The van der Waals surface area contributed by atoms with Crippen molar-refractivity contribution in [2.45, 2.75) is 46.6 Å². The van der Waals surface area contributed by atoms with Gasteiger partial charge in [-0.25, -0.2) is 4.52 Å². The Balaban J connectivity index is 1.87. The van der Waals surface area contributed by atoms with E-state index in [0.29, 0.717) is 18.4 Å². The van der Waals surface area contributed by atoms with Gasteiger partial charge < -0.3 is 23.8 Å². The predicted octanol–water partition coefficient (Wildman–Crippen LogP) is 5.62. The Bertz CT molecular complexity index is 1130. The van der Waals surface area contributed by atoms with Crippen LogP contribution in [0, 0.1) is 11.8 Å². The molecule has 0 bridgehead atoms. The summed E-state index contributed by atoms with van der Waals surface area (Å²) in [4.78, 5) is 2.57. The van der Waals surface area contributed by atoms with Crippen molar-refractivity contribution in [2.75, 3.05) is 52.5 Å². The fraction of sp³-hybridized carbons (Fsp3) is 0.552. The van der Waals surface area contributed by atoms with Crippen molar-refractivity contribution >= 4 is 11.2 Å². The first-order chi connectivity index (χ1) is 17.5. The van der Waals surface area contributed by atoms with Crippen LogP contribution in [0.15, 0.2) is 30.3 Å². The molecule has 0 amide bonds. The van der Waals surface area contributed by atoms with Gasteiger partial charge in [0.05, 0.1) is 49.0 Å². The first-order valence-electron chi connectivity index (χ1n) is 13.1. The number of rotatable bonds is 11. The molecule has 0 radical (unpaired) electrons. The van der Waals surface area contributed by atoms with Crippen molar-refractivity contribution in [3.8, 4) is 22.8 Å². The zero-order valence-corrected chi connectivity index (χ0v) is 22.7. The van der Waals surface area contributed by atoms with E-state index < -0.39 is 0 Å². The highest BCUT2D eigenvalue weighted by atomic mass is 16.5. The monoisotopic (exact) mass is 495 g/mol. The summed E-state index contributed by atoms with van der Waals surface area (Å²) in [7, 11) is 5.08. The van der Waals surface area contributed by atoms with E-state index in [9.17, 15) is 0 Å². The van der Waals surface area contributed by atoms with Crippen LogP contribution in [0.25, 0.3) is 16.8 Å². The average molecular weight is 496 g/mol. The van der Waals surface area contributed by atoms with E-state index in [2.05, 4.69) is 48.4 Å². The summed E-state index contributed by atoms with van der Waals surface area (Å²) in [5, 5.41) is 5.15. The minimum absolute atomic E-state index is 0.486. The van der Waals surface area contributed by atoms with Gasteiger partial charge in [-0.3, -0.25) is 0 Å². The van der Waals surface area contributed by atoms with Gasteiger partial charge in [0, 0.05) is 33.4 Å². The third kappa shape index (κ3) is 5.47. The number of pyridine rings is 1. The minimum Gasteiger partial charge on any atom is -0.496 e. The molecule has 7 nitrogen and oxygen atoms in total. The molecular formula is C29H41N3O4. The highest BCUT2D eigenvalue weighted by Crippen LogP contribution is 2.41. The van der Waals surface area contributed by atoms with Gasteiger partial charge in [-0.05, 0) is 60.9 Å². The number of aromatic nitrogens is 2. The summed E-state index contributed by atoms with van der Waals surface area (Å²) in [6.07, 6.45) is 3.09. The van der Waals surface area contributed by atoms with E-state index in [4.69, 9.17) is 24.0 Å². The zero-order valence-electron chi connectivity index (χ0n) is 22.7. The van der Waals surface area contributed by atoms with Crippen LogP contribution >= 0.6 is 0 Å². The van der Waals surface area contributed by atoms with E-state index in [1.165, 1.54) is 5.69 Å². The van der Waals surface area contributed by atoms with E-state index in [1.54, 1.807) is 21.3 Å². The largest absolute Gasteiger partial charge is 0.496 e. The van der Waals surface area contributed by atoms with Crippen LogP contribution in [0.2, 0.25) is 0 Å². The second kappa shape index (κ2) is 12.0. The highest BCUT2D eigenvalue weighted by molar-refractivity contribution is 5.82. The molecule has 1 aliphatic heterocycles. The summed E-state index contributed by atoms with van der Waals surface area (Å²) in [6.45, 7) is 11.0. The van der Waals surface area contributed by atoms with Crippen LogP contribution in [-0.4, -0.2) is 57.2 Å². The summed E-state index contributed by atoms with van der Waals surface area (Å²) < 4.78 is 24.7. The van der Waals surface area contributed by atoms with E-state index in [1.807, 2.05) is 12.1 Å². The number of methoxy groups -OCH3 is 3. The van der Waals surface area contributed by atoms with Gasteiger partial charge in [-0.2, -0.15) is 5.10 Å². The maximum absolute atomic E-state index is 5.84. The number of hydrogen-bond donors (Lipinski definition) is 0. The van der Waals surface area contributed by atoms with E-state index in [0.717, 1.165) is 85.1 Å². The number of anilines is 1. The minimum atomic E-state index is 0.486. The van der Waals surface area contributed by atoms with Crippen molar-refractivity contribution < 1.29 is 18.9 Å². The molecular weight excluding hydrogens is 454 g/mol. The Morgan fingerprint density at radius 3 is 2.36 bits per heavy atom. The molecule has 1 aliphatic rings. The lowest BCUT2D eigenvalue weighted by atomic mass is 9.98. The third-order valence-electron chi connectivity index (χ3n) is 6.89. The van der Waals surface area contributed by atoms with Crippen molar-refractivity contribution in [2.24, 2.45) is 11.8 Å². The Morgan fingerprint density at radius 1 is 1.08 bits per heavy atom. The molecule has 3 heterocycles. The molecule has 196 valence electrons. The lowest BCUT2D eigenvalue weighted by molar-refractivity contribution is 0.0681. The van der Waals surface area contributed by atoms with Crippen LogP contribution in [-0.2, 0) is 22.5 Å². The number of fused-ring (bicyclic) bond motifs is 1. The normalized spacial score (nSPS) is 14.5. The molecule has 1 aromatic carbocycles. The number of benzene rings is 1. The zero-order chi connectivity index (χ0) is 25.7. The van der Waals surface area contributed by atoms with Gasteiger partial charge in [0.25, 0.3) is 0 Å². The second-order valence-electron chi connectivity index (χ2n) is 10.0. The van der Waals surface area contributed by atoms with Gasteiger partial charge in [-0.1, -0.05) is 26.8 Å². The quantitative estimate of drug-likeness (QED) is 0.344. The molecule has 0 spiro atoms. The molecule has 4 rings (SSSR count). The Kier molecular flexibility index (Phi) is 8.75. The van der Waals surface area contributed by atoms with Gasteiger partial charge >= 0.3 is 0 Å². The third-order valence-corrected chi connectivity index (χ3v) is 6.89. The number of aryl methyl sites for hydroxylation is 1. The molecule has 0 unspecified atom stereocenters. The fourth-order valence-electron chi connectivity index (χ4n) is 5.28. The molecule has 1 fully saturated rings. The molecule has 0 atom stereocenters. The molecule has 3 aromatic rings. The van der Waals surface area contributed by atoms with Gasteiger partial charge in [0.2, 0.25) is 0 Å². The summed E-state index contributed by atoms with van der Waals surface area (Å²) in [5.74, 6) is 2.66. The summed E-state index contributed by atoms with van der Waals surface area (Å²) in [5.41, 5.74) is 6.31. The highest BCUT2D eigenvalue weighted by Gasteiger charge is 2.26. The maximum atomic E-state index is 5.84. The Hall–Kier alpha value is -2.77. The topological polar surface area (TPSA) is 57.5 Å². The van der Waals surface area contributed by atoms with Crippen LogP contribution in [0.1, 0.15) is 44.9 Å². The van der Waals surface area contributed by atoms with Crippen molar-refractivity contribution in [3.63, 3.8) is 0 Å². The number of ether oxygens (including phenoxy) is 4. The van der Waals surface area contributed by atoms with Crippen LogP contribution < -0.4 is 14.4 Å². The molecule has 7 heteroatoms. The molecule has 0 N–H and O–H groups in total. The molecule has 2 aromatic heterocycles. The van der Waals surface area contributed by atoms with Crippen molar-refractivity contribution in [1.29, 1.82) is 0 Å². The van der Waals surface area contributed by atoms with Crippen molar-refractivity contribution in [3.05, 3.63) is 41.6 Å². The van der Waals surface area contributed by atoms with Gasteiger partial charge in [0.1, 0.15) is 11.5 Å². The standard InChI is InChI=1S/C29H41N3O4/c1-7-23-29(31(17-20(2)3)18-21-11-13-36-14-12-21)25-10-8-9-24(32(25)30-23)28-26(34-5)15-22(19-33-4)16-27(28)35-6/h8-10,15-16,20-21H,7,11-14,17-19H2,1-6H3. The average Bonchev–Trinajstić information content (AvgIpc) is 3.27. The first kappa shape index (κ1) is 26.3. The first-order valence-corrected chi connectivity index (χ1v) is 13.1. The molecule has 36 heavy (non-hydrogen) atoms. The SMILES string of the molecule is CCc1nn2c(-c3c(OC)cc(COC)cc3OC)cccc2c1N(CC(C)C)CC1CCOCC1. The predicted molar refractivity (Wildman–Crippen MR) is 144 cm³/mol. The van der Waals surface area contributed by atoms with Gasteiger partial charge in [-0.15, -0.1) is 0 Å². The van der Waals surface area contributed by atoms with Crippen molar-refractivity contribution in [1.82, 2.24) is 9.61 Å². The number of nitrogens with zero attached hydrogens (tertiary/aromatic N) is 3. The van der Waals surface area contributed by atoms with Crippen LogP contribution in [0.3, 0.4) is 0 Å².